The summed E-state index contributed by atoms with van der Waals surface area (Å²) in [6.07, 6.45) is 0.477. The van der Waals surface area contributed by atoms with Gasteiger partial charge in [-0.3, -0.25) is 14.9 Å². The number of benzene rings is 1. The first-order chi connectivity index (χ1) is 12.4. The molecule has 0 bridgehead atoms. The predicted octanol–water partition coefficient (Wildman–Crippen LogP) is 3.08. The lowest BCUT2D eigenvalue weighted by atomic mass is 10.1. The van der Waals surface area contributed by atoms with E-state index in [4.69, 9.17) is 4.42 Å². The molecule has 0 aliphatic heterocycles. The van der Waals surface area contributed by atoms with Crippen LogP contribution in [0.25, 0.3) is 0 Å². The van der Waals surface area contributed by atoms with Crippen LogP contribution in [0, 0.1) is 10.1 Å². The molecule has 0 fully saturated rings. The summed E-state index contributed by atoms with van der Waals surface area (Å²) in [4.78, 5) is 22.9. The summed E-state index contributed by atoms with van der Waals surface area (Å²) in [5.74, 6) is -0.947. The Kier molecular flexibility index (Phi) is 5.71. The maximum Gasteiger partial charge on any atom is 0.291 e. The third kappa shape index (κ3) is 5.14. The van der Waals surface area contributed by atoms with Crippen LogP contribution in [-0.4, -0.2) is 24.8 Å². The smallest absolute Gasteiger partial charge is 0.291 e. The van der Waals surface area contributed by atoms with E-state index in [1.54, 1.807) is 33.8 Å². The van der Waals surface area contributed by atoms with Crippen molar-refractivity contribution in [2.75, 3.05) is 5.32 Å². The van der Waals surface area contributed by atoms with Crippen LogP contribution in [0.4, 0.5) is 11.4 Å². The first kappa shape index (κ1) is 20.6. The number of nitro groups is 1. The summed E-state index contributed by atoms with van der Waals surface area (Å²) in [7, 11) is -3.92. The van der Waals surface area contributed by atoms with Crippen molar-refractivity contribution in [3.63, 3.8) is 0 Å². The van der Waals surface area contributed by atoms with E-state index in [9.17, 15) is 23.3 Å². The van der Waals surface area contributed by atoms with Crippen LogP contribution in [0.2, 0.25) is 0 Å². The molecule has 0 saturated heterocycles. The molecule has 0 spiro atoms. The maximum atomic E-state index is 12.3. The standard InChI is InChI=1S/C17H21N3O6S/c1-5-11-6-7-12(10-13(11)20(22)23)18-16(21)14-8-9-15(26-14)27(24,25)19-17(2,3)4/h6-10,19H,5H2,1-4H3,(H,18,21). The monoisotopic (exact) mass is 395 g/mol. The largest absolute Gasteiger partial charge is 0.438 e. The number of carbonyl (C=O) groups is 1. The first-order valence-corrected chi connectivity index (χ1v) is 9.64. The summed E-state index contributed by atoms with van der Waals surface area (Å²) in [5.41, 5.74) is -0.0730. The summed E-state index contributed by atoms with van der Waals surface area (Å²) >= 11 is 0. The van der Waals surface area contributed by atoms with Gasteiger partial charge < -0.3 is 9.73 Å². The minimum absolute atomic E-state index is 0.104. The Balaban J connectivity index is 2.22. The average molecular weight is 395 g/mol. The van der Waals surface area contributed by atoms with Crippen LogP contribution >= 0.6 is 0 Å². The lowest BCUT2D eigenvalue weighted by Crippen LogP contribution is -2.40. The summed E-state index contributed by atoms with van der Waals surface area (Å²) < 4.78 is 32.0. The highest BCUT2D eigenvalue weighted by atomic mass is 32.2. The van der Waals surface area contributed by atoms with Gasteiger partial charge in [-0.2, -0.15) is 0 Å². The molecule has 10 heteroatoms. The van der Waals surface area contributed by atoms with Gasteiger partial charge in [-0.05, 0) is 45.4 Å². The zero-order valence-electron chi connectivity index (χ0n) is 15.4. The normalized spacial score (nSPS) is 12.0. The van der Waals surface area contributed by atoms with Gasteiger partial charge in [-0.1, -0.05) is 13.0 Å². The molecule has 1 aromatic heterocycles. The number of nitrogens with zero attached hydrogens (tertiary/aromatic N) is 1. The van der Waals surface area contributed by atoms with Gasteiger partial charge in [0.15, 0.2) is 5.76 Å². The number of hydrogen-bond donors (Lipinski definition) is 2. The third-order valence-electron chi connectivity index (χ3n) is 3.43. The highest BCUT2D eigenvalue weighted by Gasteiger charge is 2.26. The van der Waals surface area contributed by atoms with E-state index in [1.807, 2.05) is 0 Å². The molecule has 9 nitrogen and oxygen atoms in total. The van der Waals surface area contributed by atoms with Gasteiger partial charge in [0.2, 0.25) is 5.09 Å². The highest BCUT2D eigenvalue weighted by Crippen LogP contribution is 2.24. The fourth-order valence-corrected chi connectivity index (χ4v) is 3.70. The molecule has 2 rings (SSSR count). The number of amides is 1. The molecular formula is C17H21N3O6S. The molecule has 1 amide bonds. The van der Waals surface area contributed by atoms with E-state index in [0.717, 1.165) is 0 Å². The Labute approximate surface area is 157 Å². The lowest BCUT2D eigenvalue weighted by molar-refractivity contribution is -0.385. The van der Waals surface area contributed by atoms with Gasteiger partial charge in [0.25, 0.3) is 21.6 Å². The molecule has 1 heterocycles. The minimum atomic E-state index is -3.92. The summed E-state index contributed by atoms with van der Waals surface area (Å²) in [6.45, 7) is 6.81. The van der Waals surface area contributed by atoms with E-state index in [-0.39, 0.29) is 17.1 Å². The van der Waals surface area contributed by atoms with E-state index in [0.29, 0.717) is 12.0 Å². The minimum Gasteiger partial charge on any atom is -0.438 e. The van der Waals surface area contributed by atoms with Crippen LogP contribution < -0.4 is 10.0 Å². The molecule has 0 aliphatic rings. The zero-order chi connectivity index (χ0) is 20.4. The van der Waals surface area contributed by atoms with Crippen LogP contribution in [0.5, 0.6) is 0 Å². The first-order valence-electron chi connectivity index (χ1n) is 8.15. The van der Waals surface area contributed by atoms with Crippen LogP contribution in [0.15, 0.2) is 39.8 Å². The highest BCUT2D eigenvalue weighted by molar-refractivity contribution is 7.89. The zero-order valence-corrected chi connectivity index (χ0v) is 16.2. The van der Waals surface area contributed by atoms with Crippen molar-refractivity contribution in [1.29, 1.82) is 0 Å². The number of hydrogen-bond acceptors (Lipinski definition) is 6. The van der Waals surface area contributed by atoms with Crippen molar-refractivity contribution in [3.8, 4) is 0 Å². The second kappa shape index (κ2) is 7.49. The van der Waals surface area contributed by atoms with Gasteiger partial charge in [0, 0.05) is 22.9 Å². The molecule has 0 unspecified atom stereocenters. The number of nitro benzene ring substituents is 1. The quantitative estimate of drug-likeness (QED) is 0.571. The molecule has 2 N–H and O–H groups in total. The van der Waals surface area contributed by atoms with Gasteiger partial charge in [-0.15, -0.1) is 0 Å². The van der Waals surface area contributed by atoms with Gasteiger partial charge in [-0.25, -0.2) is 13.1 Å². The third-order valence-corrected chi connectivity index (χ3v) is 5.06. The van der Waals surface area contributed by atoms with E-state index >= 15 is 0 Å². The van der Waals surface area contributed by atoms with Gasteiger partial charge in [0.05, 0.1) is 4.92 Å². The molecule has 0 saturated carbocycles. The number of anilines is 1. The summed E-state index contributed by atoms with van der Waals surface area (Å²) in [5, 5.41) is 13.2. The Morgan fingerprint density at radius 2 is 1.89 bits per heavy atom. The van der Waals surface area contributed by atoms with Crippen molar-refractivity contribution < 1.29 is 22.6 Å². The van der Waals surface area contributed by atoms with Gasteiger partial charge in [0.1, 0.15) is 0 Å². The fraction of sp³-hybridized carbons (Fsp3) is 0.353. The molecule has 0 aliphatic carbocycles. The topological polar surface area (TPSA) is 132 Å². The van der Waals surface area contributed by atoms with Crippen molar-refractivity contribution in [2.24, 2.45) is 0 Å². The van der Waals surface area contributed by atoms with E-state index in [2.05, 4.69) is 10.0 Å². The molecular weight excluding hydrogens is 374 g/mol. The van der Waals surface area contributed by atoms with Gasteiger partial charge >= 0.3 is 0 Å². The SMILES string of the molecule is CCc1ccc(NC(=O)c2ccc(S(=O)(=O)NC(C)(C)C)o2)cc1[N+](=O)[O-]. The van der Waals surface area contributed by atoms with Crippen LogP contribution in [0.3, 0.4) is 0 Å². The number of sulfonamides is 1. The van der Waals surface area contributed by atoms with E-state index in [1.165, 1.54) is 24.3 Å². The number of furan rings is 1. The van der Waals surface area contributed by atoms with Crippen molar-refractivity contribution in [3.05, 3.63) is 51.8 Å². The molecule has 0 atom stereocenters. The predicted molar refractivity (Wildman–Crippen MR) is 99.2 cm³/mol. The molecule has 27 heavy (non-hydrogen) atoms. The number of aryl methyl sites for hydroxylation is 1. The summed E-state index contributed by atoms with van der Waals surface area (Å²) in [6, 6.07) is 6.73. The van der Waals surface area contributed by atoms with Crippen molar-refractivity contribution in [2.45, 2.75) is 44.7 Å². The molecule has 0 radical (unpaired) electrons. The van der Waals surface area contributed by atoms with Crippen molar-refractivity contribution >= 4 is 27.3 Å². The average Bonchev–Trinajstić information content (AvgIpc) is 3.03. The number of carbonyl (C=O) groups excluding carboxylic acids is 1. The van der Waals surface area contributed by atoms with Crippen LogP contribution in [0.1, 0.15) is 43.8 Å². The Hall–Kier alpha value is -2.72. The Morgan fingerprint density at radius 1 is 1.22 bits per heavy atom. The maximum absolute atomic E-state index is 12.3. The molecule has 146 valence electrons. The number of rotatable bonds is 6. The van der Waals surface area contributed by atoms with Crippen LogP contribution in [-0.2, 0) is 16.4 Å². The van der Waals surface area contributed by atoms with E-state index < -0.39 is 31.5 Å². The second-order valence-corrected chi connectivity index (χ2v) is 8.50. The second-order valence-electron chi connectivity index (χ2n) is 6.88. The number of nitrogens with one attached hydrogen (secondary N) is 2. The fourth-order valence-electron chi connectivity index (χ4n) is 2.34. The van der Waals surface area contributed by atoms with Crippen molar-refractivity contribution in [1.82, 2.24) is 4.72 Å². The molecule has 1 aromatic carbocycles. The Morgan fingerprint density at radius 3 is 2.44 bits per heavy atom. The Bertz CT molecular complexity index is 973. The molecule has 2 aromatic rings. The lowest BCUT2D eigenvalue weighted by Gasteiger charge is -2.18.